The summed E-state index contributed by atoms with van der Waals surface area (Å²) < 4.78 is 18.1. The molecule has 154 valence electrons. The molecule has 1 aromatic carbocycles. The van der Waals surface area contributed by atoms with E-state index < -0.39 is 23.5 Å². The summed E-state index contributed by atoms with van der Waals surface area (Å²) in [6.07, 6.45) is 2.14. The fourth-order valence-electron chi connectivity index (χ4n) is 3.31. The van der Waals surface area contributed by atoms with Gasteiger partial charge >= 0.3 is 5.97 Å². The number of aromatic nitrogens is 1. The highest BCUT2D eigenvalue weighted by Crippen LogP contribution is 2.28. The van der Waals surface area contributed by atoms with Crippen molar-refractivity contribution in [3.63, 3.8) is 0 Å². The third-order valence-electron chi connectivity index (χ3n) is 4.77. The van der Waals surface area contributed by atoms with E-state index in [1.807, 2.05) is 0 Å². The first-order chi connectivity index (χ1) is 13.7. The molecule has 8 nitrogen and oxygen atoms in total. The van der Waals surface area contributed by atoms with E-state index >= 15 is 0 Å². The first-order valence-corrected chi connectivity index (χ1v) is 9.40. The number of aromatic carboxylic acids is 1. The molecule has 0 radical (unpaired) electrons. The number of benzene rings is 1. The number of carbonyl (C=O) groups is 3. The standard InChI is InChI=1S/C19H19ClFN3O5/c1-9-22-15(16(29-9)19(27)28)18(26)23-12-5-2-10(3-6-12)17(25)24-14-7-4-11(21)8-13(14)20/h4,7-8,10,12H,2-3,5-6H2,1H3,(H,23,26)(H,24,25)(H,27,28)/t10-,12-. The normalized spacial score (nSPS) is 18.9. The van der Waals surface area contributed by atoms with Gasteiger partial charge in [-0.3, -0.25) is 9.59 Å². The van der Waals surface area contributed by atoms with Crippen LogP contribution in [0.5, 0.6) is 0 Å². The summed E-state index contributed by atoms with van der Waals surface area (Å²) in [4.78, 5) is 39.8. The smallest absolute Gasteiger partial charge is 0.374 e. The van der Waals surface area contributed by atoms with Crippen molar-refractivity contribution in [2.24, 2.45) is 5.92 Å². The van der Waals surface area contributed by atoms with Gasteiger partial charge in [0, 0.05) is 18.9 Å². The van der Waals surface area contributed by atoms with Crippen LogP contribution in [0.3, 0.4) is 0 Å². The highest BCUT2D eigenvalue weighted by atomic mass is 35.5. The Morgan fingerprint density at radius 3 is 2.55 bits per heavy atom. The molecule has 0 bridgehead atoms. The Hall–Kier alpha value is -2.94. The first kappa shape index (κ1) is 20.8. The van der Waals surface area contributed by atoms with Crippen molar-refractivity contribution in [3.8, 4) is 0 Å². The number of hydrogen-bond donors (Lipinski definition) is 3. The number of hydrogen-bond acceptors (Lipinski definition) is 5. The molecule has 3 N–H and O–H groups in total. The van der Waals surface area contributed by atoms with Gasteiger partial charge in [0.1, 0.15) is 5.82 Å². The molecule has 1 heterocycles. The number of nitrogens with one attached hydrogen (secondary N) is 2. The average molecular weight is 424 g/mol. The van der Waals surface area contributed by atoms with E-state index in [1.165, 1.54) is 19.1 Å². The molecule has 1 fully saturated rings. The lowest BCUT2D eigenvalue weighted by Gasteiger charge is -2.28. The van der Waals surface area contributed by atoms with Crippen LogP contribution in [0.1, 0.15) is 52.6 Å². The van der Waals surface area contributed by atoms with Crippen LogP contribution in [0.2, 0.25) is 5.02 Å². The van der Waals surface area contributed by atoms with E-state index in [0.717, 1.165) is 6.07 Å². The van der Waals surface area contributed by atoms with Crippen LogP contribution in [0.25, 0.3) is 0 Å². The minimum absolute atomic E-state index is 0.0902. The molecule has 0 aliphatic heterocycles. The second-order valence-corrected chi connectivity index (χ2v) is 7.26. The van der Waals surface area contributed by atoms with Gasteiger partial charge in [0.05, 0.1) is 10.7 Å². The van der Waals surface area contributed by atoms with E-state index in [9.17, 15) is 18.8 Å². The van der Waals surface area contributed by atoms with E-state index in [1.54, 1.807) is 0 Å². The van der Waals surface area contributed by atoms with Crippen LogP contribution in [-0.4, -0.2) is 33.9 Å². The quantitative estimate of drug-likeness (QED) is 0.677. The van der Waals surface area contributed by atoms with Gasteiger partial charge in [-0.25, -0.2) is 14.2 Å². The molecule has 10 heteroatoms. The number of rotatable bonds is 5. The number of carboxylic acids is 1. The second-order valence-electron chi connectivity index (χ2n) is 6.85. The molecular weight excluding hydrogens is 405 g/mol. The first-order valence-electron chi connectivity index (χ1n) is 9.02. The molecule has 2 aromatic rings. The third-order valence-corrected chi connectivity index (χ3v) is 5.08. The lowest BCUT2D eigenvalue weighted by atomic mass is 9.85. The Bertz CT molecular complexity index is 953. The molecule has 2 amide bonds. The van der Waals surface area contributed by atoms with Crippen LogP contribution < -0.4 is 10.6 Å². The SMILES string of the molecule is Cc1nc(C(=O)N[C@H]2CC[C@H](C(=O)Nc3ccc(F)cc3Cl)CC2)c(C(=O)O)o1. The predicted octanol–water partition coefficient (Wildman–Crippen LogP) is 3.40. The maximum absolute atomic E-state index is 13.1. The zero-order valence-corrected chi connectivity index (χ0v) is 16.3. The number of amides is 2. The van der Waals surface area contributed by atoms with Gasteiger partial charge in [0.15, 0.2) is 11.6 Å². The van der Waals surface area contributed by atoms with Gasteiger partial charge < -0.3 is 20.2 Å². The minimum atomic E-state index is -1.37. The zero-order chi connectivity index (χ0) is 21.1. The Labute approximate surface area is 170 Å². The van der Waals surface area contributed by atoms with Crippen LogP contribution >= 0.6 is 11.6 Å². The highest BCUT2D eigenvalue weighted by molar-refractivity contribution is 6.33. The van der Waals surface area contributed by atoms with Crippen molar-refractivity contribution >= 4 is 35.1 Å². The number of nitrogens with zero attached hydrogens (tertiary/aromatic N) is 1. The second kappa shape index (κ2) is 8.60. The maximum Gasteiger partial charge on any atom is 0.374 e. The monoisotopic (exact) mass is 423 g/mol. The molecule has 1 aliphatic carbocycles. The number of anilines is 1. The third kappa shape index (κ3) is 4.92. The number of aryl methyl sites for hydroxylation is 1. The summed E-state index contributed by atoms with van der Waals surface area (Å²) in [5.74, 6) is -3.37. The summed E-state index contributed by atoms with van der Waals surface area (Å²) in [5, 5.41) is 14.7. The number of halogens is 2. The van der Waals surface area contributed by atoms with Crippen molar-refractivity contribution in [3.05, 3.63) is 46.4 Å². The number of carboxylic acid groups (broad SMARTS) is 1. The largest absolute Gasteiger partial charge is 0.475 e. The summed E-state index contributed by atoms with van der Waals surface area (Å²) in [7, 11) is 0. The Morgan fingerprint density at radius 2 is 1.93 bits per heavy atom. The summed E-state index contributed by atoms with van der Waals surface area (Å²) in [6, 6.07) is 3.53. The maximum atomic E-state index is 13.1. The van der Waals surface area contributed by atoms with E-state index in [4.69, 9.17) is 21.1 Å². The molecule has 1 aliphatic rings. The molecule has 1 aromatic heterocycles. The fourth-order valence-corrected chi connectivity index (χ4v) is 3.52. The molecular formula is C19H19ClFN3O5. The lowest BCUT2D eigenvalue weighted by Crippen LogP contribution is -2.40. The summed E-state index contributed by atoms with van der Waals surface area (Å²) in [6.45, 7) is 1.46. The summed E-state index contributed by atoms with van der Waals surface area (Å²) >= 11 is 5.93. The van der Waals surface area contributed by atoms with Crippen molar-refractivity contribution in [2.45, 2.75) is 38.6 Å². The Kier molecular flexibility index (Phi) is 6.17. The van der Waals surface area contributed by atoms with Crippen molar-refractivity contribution in [1.82, 2.24) is 10.3 Å². The predicted molar refractivity (Wildman–Crippen MR) is 101 cm³/mol. The van der Waals surface area contributed by atoms with Gasteiger partial charge in [0.2, 0.25) is 11.7 Å². The number of carbonyl (C=O) groups excluding carboxylic acids is 2. The molecule has 0 spiro atoms. The van der Waals surface area contributed by atoms with Crippen LogP contribution in [0.4, 0.5) is 10.1 Å². The van der Waals surface area contributed by atoms with Gasteiger partial charge in [-0.2, -0.15) is 0 Å². The van der Waals surface area contributed by atoms with E-state index in [-0.39, 0.29) is 34.5 Å². The topological polar surface area (TPSA) is 122 Å². The Balaban J connectivity index is 1.54. The lowest BCUT2D eigenvalue weighted by molar-refractivity contribution is -0.120. The van der Waals surface area contributed by atoms with Crippen molar-refractivity contribution < 1.29 is 28.3 Å². The molecule has 0 atom stereocenters. The van der Waals surface area contributed by atoms with Crippen molar-refractivity contribution in [1.29, 1.82) is 0 Å². The van der Waals surface area contributed by atoms with Crippen LogP contribution in [0.15, 0.2) is 22.6 Å². The van der Waals surface area contributed by atoms with E-state index in [0.29, 0.717) is 31.4 Å². The van der Waals surface area contributed by atoms with E-state index in [2.05, 4.69) is 15.6 Å². The Morgan fingerprint density at radius 1 is 1.24 bits per heavy atom. The fraction of sp³-hybridized carbons (Fsp3) is 0.368. The molecule has 0 unspecified atom stereocenters. The zero-order valence-electron chi connectivity index (χ0n) is 15.5. The highest BCUT2D eigenvalue weighted by Gasteiger charge is 2.30. The molecule has 1 saturated carbocycles. The number of oxazole rings is 1. The molecule has 0 saturated heterocycles. The van der Waals surface area contributed by atoms with Gasteiger partial charge in [-0.1, -0.05) is 11.6 Å². The van der Waals surface area contributed by atoms with Crippen molar-refractivity contribution in [2.75, 3.05) is 5.32 Å². The van der Waals surface area contributed by atoms with Gasteiger partial charge in [-0.05, 0) is 43.9 Å². The molecule has 29 heavy (non-hydrogen) atoms. The van der Waals surface area contributed by atoms with Gasteiger partial charge in [0.25, 0.3) is 5.91 Å². The van der Waals surface area contributed by atoms with Crippen LogP contribution in [0, 0.1) is 18.7 Å². The minimum Gasteiger partial charge on any atom is -0.475 e. The summed E-state index contributed by atoms with van der Waals surface area (Å²) in [5.41, 5.74) is 0.0805. The molecule has 3 rings (SSSR count). The van der Waals surface area contributed by atoms with Gasteiger partial charge in [-0.15, -0.1) is 0 Å². The van der Waals surface area contributed by atoms with Crippen LogP contribution in [-0.2, 0) is 4.79 Å². The average Bonchev–Trinajstić information content (AvgIpc) is 3.07.